The molecule has 0 amide bonds. The summed E-state index contributed by atoms with van der Waals surface area (Å²) in [6.07, 6.45) is 1.16. The van der Waals surface area contributed by atoms with Gasteiger partial charge in [-0.3, -0.25) is 25.0 Å². The molecule has 1 aromatic heterocycles. The molecule has 2 rings (SSSR count). The van der Waals surface area contributed by atoms with Crippen LogP contribution in [-0.2, 0) is 0 Å². The first-order valence-electron chi connectivity index (χ1n) is 4.65. The summed E-state index contributed by atoms with van der Waals surface area (Å²) in [6, 6.07) is 3.04. The van der Waals surface area contributed by atoms with Crippen molar-refractivity contribution in [2.45, 2.75) is 0 Å². The number of hydrogen-bond donors (Lipinski definition) is 1. The van der Waals surface area contributed by atoms with Crippen molar-refractivity contribution in [3.63, 3.8) is 0 Å². The number of nitrogens with zero attached hydrogens (tertiary/aromatic N) is 3. The number of pyridine rings is 1. The lowest BCUT2D eigenvalue weighted by molar-refractivity contribution is -0.393. The van der Waals surface area contributed by atoms with E-state index in [1.54, 1.807) is 0 Å². The van der Waals surface area contributed by atoms with Crippen molar-refractivity contribution >= 4 is 22.1 Å². The Hall–Kier alpha value is -2.97. The fraction of sp³-hybridized carbons (Fsp3) is 0. The average Bonchev–Trinajstić information content (AvgIpc) is 2.32. The van der Waals surface area contributed by atoms with Crippen molar-refractivity contribution in [3.8, 4) is 0 Å². The lowest BCUT2D eigenvalue weighted by Crippen LogP contribution is -2.26. The van der Waals surface area contributed by atoms with Crippen molar-refractivity contribution in [2.24, 2.45) is 0 Å². The summed E-state index contributed by atoms with van der Waals surface area (Å²) in [5.41, 5.74) is -1.77. The molecule has 1 aromatic carbocycles. The Morgan fingerprint density at radius 3 is 2.33 bits per heavy atom. The predicted octanol–water partition coefficient (Wildman–Crippen LogP) is 0.532. The summed E-state index contributed by atoms with van der Waals surface area (Å²) in [5.74, 6) is 5.30. The molecule has 0 saturated heterocycles. The second kappa shape index (κ2) is 3.80. The van der Waals surface area contributed by atoms with E-state index in [9.17, 15) is 25.0 Å². The minimum Gasteiger partial charge on any atom is -0.336 e. The van der Waals surface area contributed by atoms with E-state index in [0.29, 0.717) is 4.68 Å². The topological polar surface area (TPSA) is 134 Å². The Balaban J connectivity index is 2.99. The summed E-state index contributed by atoms with van der Waals surface area (Å²) in [4.78, 5) is 31.6. The Morgan fingerprint density at radius 2 is 1.78 bits per heavy atom. The number of nitrogen functional groups attached to an aromatic ring is 1. The molecule has 0 aliphatic heterocycles. The maximum absolute atomic E-state index is 11.7. The second-order valence-corrected chi connectivity index (χ2v) is 3.47. The minimum absolute atomic E-state index is 0.0114. The molecule has 0 aliphatic carbocycles. The molecule has 9 nitrogen and oxygen atoms in total. The van der Waals surface area contributed by atoms with Crippen molar-refractivity contribution < 1.29 is 9.85 Å². The van der Waals surface area contributed by atoms with Gasteiger partial charge in [0.1, 0.15) is 0 Å². The number of benzene rings is 1. The zero-order chi connectivity index (χ0) is 13.4. The van der Waals surface area contributed by atoms with Crippen molar-refractivity contribution in [1.29, 1.82) is 0 Å². The Bertz CT molecular complexity index is 736. The predicted molar refractivity (Wildman–Crippen MR) is 61.7 cm³/mol. The van der Waals surface area contributed by atoms with Gasteiger partial charge in [0, 0.05) is 12.3 Å². The van der Waals surface area contributed by atoms with Crippen LogP contribution >= 0.6 is 0 Å². The molecule has 0 unspecified atom stereocenters. The standard InChI is InChI=1S/C9H6N4O5/c10-11-2-1-6-7(9(11)14)3-5(12(15)16)4-8(6)13(17)18/h1-4H,10H2. The highest BCUT2D eigenvalue weighted by atomic mass is 16.6. The number of nitrogens with two attached hydrogens (primary N) is 1. The highest BCUT2D eigenvalue weighted by Crippen LogP contribution is 2.28. The normalized spacial score (nSPS) is 10.4. The van der Waals surface area contributed by atoms with E-state index in [2.05, 4.69) is 0 Å². The molecule has 1 heterocycles. The molecule has 0 spiro atoms. The summed E-state index contributed by atoms with van der Waals surface area (Å²) in [5, 5.41) is 21.3. The number of non-ortho nitro benzene ring substituents is 2. The molecular weight excluding hydrogens is 244 g/mol. The van der Waals surface area contributed by atoms with Crippen LogP contribution < -0.4 is 11.4 Å². The number of aromatic nitrogens is 1. The summed E-state index contributed by atoms with van der Waals surface area (Å²) >= 11 is 0. The van der Waals surface area contributed by atoms with Gasteiger partial charge in [-0.15, -0.1) is 0 Å². The maximum atomic E-state index is 11.7. The molecule has 9 heteroatoms. The molecule has 2 aromatic rings. The number of nitro groups is 2. The molecule has 92 valence electrons. The largest absolute Gasteiger partial charge is 0.336 e. The molecule has 0 saturated carbocycles. The highest BCUT2D eigenvalue weighted by Gasteiger charge is 2.21. The van der Waals surface area contributed by atoms with Gasteiger partial charge in [0.15, 0.2) is 0 Å². The second-order valence-electron chi connectivity index (χ2n) is 3.47. The smallest absolute Gasteiger partial charge is 0.284 e. The zero-order valence-electron chi connectivity index (χ0n) is 8.77. The third kappa shape index (κ3) is 1.63. The molecular formula is C9H6N4O5. The van der Waals surface area contributed by atoms with E-state index in [4.69, 9.17) is 5.84 Å². The van der Waals surface area contributed by atoms with Crippen LogP contribution in [0, 0.1) is 20.2 Å². The fourth-order valence-corrected chi connectivity index (χ4v) is 1.59. The van der Waals surface area contributed by atoms with Crippen LogP contribution in [0.3, 0.4) is 0 Å². The lowest BCUT2D eigenvalue weighted by Gasteiger charge is -2.02. The van der Waals surface area contributed by atoms with Gasteiger partial charge in [0.2, 0.25) is 0 Å². The van der Waals surface area contributed by atoms with Gasteiger partial charge in [-0.1, -0.05) is 0 Å². The molecule has 0 bridgehead atoms. The van der Waals surface area contributed by atoms with Crippen LogP contribution in [0.5, 0.6) is 0 Å². The van der Waals surface area contributed by atoms with Crippen molar-refractivity contribution in [2.75, 3.05) is 5.84 Å². The van der Waals surface area contributed by atoms with E-state index >= 15 is 0 Å². The van der Waals surface area contributed by atoms with Crippen LogP contribution in [0.1, 0.15) is 0 Å². The van der Waals surface area contributed by atoms with Gasteiger partial charge in [-0.25, -0.2) is 4.68 Å². The van der Waals surface area contributed by atoms with E-state index < -0.39 is 26.8 Å². The third-order valence-electron chi connectivity index (χ3n) is 2.42. The number of fused-ring (bicyclic) bond motifs is 1. The van der Waals surface area contributed by atoms with E-state index in [0.717, 1.165) is 18.3 Å². The quantitative estimate of drug-likeness (QED) is 0.469. The van der Waals surface area contributed by atoms with Crippen LogP contribution in [0.2, 0.25) is 0 Å². The number of hydrogen-bond acceptors (Lipinski definition) is 6. The first kappa shape index (κ1) is 11.5. The molecule has 0 radical (unpaired) electrons. The third-order valence-corrected chi connectivity index (χ3v) is 2.42. The van der Waals surface area contributed by atoms with Gasteiger partial charge in [0.25, 0.3) is 16.9 Å². The molecule has 0 aliphatic rings. The molecule has 0 fully saturated rings. The Morgan fingerprint density at radius 1 is 1.11 bits per heavy atom. The lowest BCUT2D eigenvalue weighted by atomic mass is 10.1. The number of nitro benzene ring substituents is 2. The van der Waals surface area contributed by atoms with Gasteiger partial charge in [-0.2, -0.15) is 0 Å². The summed E-state index contributed by atoms with van der Waals surface area (Å²) in [6.45, 7) is 0. The SMILES string of the molecule is Nn1ccc2c([N+](=O)[O-])cc([N+](=O)[O-])cc2c1=O. The van der Waals surface area contributed by atoms with Gasteiger partial charge in [0.05, 0.1) is 26.7 Å². The zero-order valence-corrected chi connectivity index (χ0v) is 8.77. The first-order chi connectivity index (χ1) is 8.41. The average molecular weight is 250 g/mol. The van der Waals surface area contributed by atoms with Gasteiger partial charge < -0.3 is 5.84 Å². The van der Waals surface area contributed by atoms with Crippen LogP contribution in [0.4, 0.5) is 11.4 Å². The van der Waals surface area contributed by atoms with Crippen LogP contribution in [-0.4, -0.2) is 14.5 Å². The monoisotopic (exact) mass is 250 g/mol. The van der Waals surface area contributed by atoms with E-state index in [1.165, 1.54) is 6.07 Å². The van der Waals surface area contributed by atoms with E-state index in [-0.39, 0.29) is 10.8 Å². The summed E-state index contributed by atoms with van der Waals surface area (Å²) < 4.78 is 0.704. The van der Waals surface area contributed by atoms with Crippen LogP contribution in [0.25, 0.3) is 10.8 Å². The van der Waals surface area contributed by atoms with Crippen LogP contribution in [0.15, 0.2) is 29.2 Å². The Kier molecular flexibility index (Phi) is 2.43. The van der Waals surface area contributed by atoms with Gasteiger partial charge >= 0.3 is 0 Å². The Labute approximate surface area is 98.3 Å². The van der Waals surface area contributed by atoms with E-state index in [1.807, 2.05) is 0 Å². The molecule has 18 heavy (non-hydrogen) atoms. The highest BCUT2D eigenvalue weighted by molar-refractivity contribution is 5.92. The molecule has 0 atom stereocenters. The van der Waals surface area contributed by atoms with Gasteiger partial charge in [-0.05, 0) is 6.07 Å². The maximum Gasteiger partial charge on any atom is 0.284 e. The van der Waals surface area contributed by atoms with Crippen molar-refractivity contribution in [1.82, 2.24) is 4.68 Å². The fourth-order valence-electron chi connectivity index (χ4n) is 1.59. The number of rotatable bonds is 2. The minimum atomic E-state index is -0.806. The first-order valence-corrected chi connectivity index (χ1v) is 4.65. The summed E-state index contributed by atoms with van der Waals surface area (Å²) in [7, 11) is 0. The van der Waals surface area contributed by atoms with Crippen molar-refractivity contribution in [3.05, 3.63) is 55.0 Å². The molecule has 2 N–H and O–H groups in total.